The quantitative estimate of drug-likeness (QED) is 0.422. The maximum atomic E-state index is 13.2. The molecule has 0 unspecified atom stereocenters. The highest BCUT2D eigenvalue weighted by Gasteiger charge is 2.15. The number of hydrogen-bond donors (Lipinski definition) is 1. The predicted molar refractivity (Wildman–Crippen MR) is 120 cm³/mol. The maximum Gasteiger partial charge on any atom is 0.316 e. The number of benzene rings is 2. The number of nitrogens with zero attached hydrogens (tertiary/aromatic N) is 4. The second kappa shape index (κ2) is 9.40. The average molecular weight is 436 g/mol. The number of methoxy groups -OCH3 is 2. The van der Waals surface area contributed by atoms with Crippen molar-refractivity contribution in [3.8, 4) is 11.5 Å². The Labute approximate surface area is 183 Å². The zero-order chi connectivity index (χ0) is 21.6. The normalized spacial score (nSPS) is 10.6. The summed E-state index contributed by atoms with van der Waals surface area (Å²) in [5, 5.41) is 12.0. The van der Waals surface area contributed by atoms with E-state index in [1.165, 1.54) is 16.4 Å². The van der Waals surface area contributed by atoms with Crippen LogP contribution < -0.4 is 20.3 Å². The fraction of sp³-hybridized carbons (Fsp3) is 0.136. The first-order valence-electron chi connectivity index (χ1n) is 9.48. The Morgan fingerprint density at radius 3 is 2.39 bits per heavy atom. The number of hydrogen-bond acceptors (Lipinski definition) is 7. The molecular weight excluding hydrogens is 414 g/mol. The molecule has 158 valence electrons. The van der Waals surface area contributed by atoms with Crippen molar-refractivity contribution in [3.63, 3.8) is 0 Å². The van der Waals surface area contributed by atoms with E-state index in [1.54, 1.807) is 43.4 Å². The molecule has 9 heteroatoms. The van der Waals surface area contributed by atoms with Crippen molar-refractivity contribution in [2.45, 2.75) is 10.9 Å². The molecule has 0 aliphatic carbocycles. The highest BCUT2D eigenvalue weighted by Crippen LogP contribution is 2.23. The van der Waals surface area contributed by atoms with Crippen LogP contribution in [0.1, 0.15) is 5.56 Å². The Kier molecular flexibility index (Phi) is 6.23. The van der Waals surface area contributed by atoms with Gasteiger partial charge >= 0.3 is 5.56 Å². The topological polar surface area (TPSA) is 83.2 Å². The van der Waals surface area contributed by atoms with E-state index in [0.717, 1.165) is 17.1 Å². The standard InChI is InChI=1S/C22H21N5O3S/c1-29-18-10-8-17(9-11-18)23-20-21(28)27(26-12-3-4-13-26)22(25-24-20)31-15-16-6-5-7-19(14-16)30-2/h3-14H,15H2,1-2H3,(H,23,24). The van der Waals surface area contributed by atoms with E-state index in [9.17, 15) is 4.79 Å². The van der Waals surface area contributed by atoms with Crippen LogP contribution in [0.3, 0.4) is 0 Å². The lowest BCUT2D eigenvalue weighted by Gasteiger charge is -2.14. The van der Waals surface area contributed by atoms with E-state index >= 15 is 0 Å². The third-order valence-electron chi connectivity index (χ3n) is 4.49. The number of aromatic nitrogens is 4. The Bertz CT molecular complexity index is 1210. The van der Waals surface area contributed by atoms with E-state index in [0.29, 0.717) is 16.6 Å². The van der Waals surface area contributed by atoms with Gasteiger partial charge in [-0.05, 0) is 54.1 Å². The third-order valence-corrected chi connectivity index (χ3v) is 5.48. The SMILES string of the molecule is COc1ccc(Nc2nnc(SCc3cccc(OC)c3)n(-n3cccc3)c2=O)cc1. The van der Waals surface area contributed by atoms with Gasteiger partial charge in [0.1, 0.15) is 11.5 Å². The molecule has 8 nitrogen and oxygen atoms in total. The molecule has 2 aromatic heterocycles. The van der Waals surface area contributed by atoms with Gasteiger partial charge in [0.25, 0.3) is 0 Å². The molecule has 1 N–H and O–H groups in total. The molecule has 4 rings (SSSR count). The summed E-state index contributed by atoms with van der Waals surface area (Å²) < 4.78 is 13.6. The molecule has 31 heavy (non-hydrogen) atoms. The van der Waals surface area contributed by atoms with Crippen LogP contribution in [0, 0.1) is 0 Å². The van der Waals surface area contributed by atoms with Crippen molar-refractivity contribution >= 4 is 23.3 Å². The van der Waals surface area contributed by atoms with Crippen LogP contribution in [-0.2, 0) is 5.75 Å². The van der Waals surface area contributed by atoms with Crippen LogP contribution >= 0.6 is 11.8 Å². The minimum Gasteiger partial charge on any atom is -0.497 e. The minimum absolute atomic E-state index is 0.129. The number of rotatable bonds is 8. The summed E-state index contributed by atoms with van der Waals surface area (Å²) in [5.74, 6) is 2.25. The summed E-state index contributed by atoms with van der Waals surface area (Å²) in [7, 11) is 3.24. The van der Waals surface area contributed by atoms with Gasteiger partial charge in [-0.25, -0.2) is 0 Å². The monoisotopic (exact) mass is 435 g/mol. The highest BCUT2D eigenvalue weighted by atomic mass is 32.2. The van der Waals surface area contributed by atoms with Crippen LogP contribution in [-0.4, -0.2) is 33.8 Å². The summed E-state index contributed by atoms with van der Waals surface area (Å²) in [6.45, 7) is 0. The molecule has 0 saturated heterocycles. The van der Waals surface area contributed by atoms with E-state index in [1.807, 2.05) is 48.5 Å². The number of ether oxygens (including phenoxy) is 2. The molecule has 2 aromatic carbocycles. The molecule has 0 atom stereocenters. The first-order chi connectivity index (χ1) is 15.2. The van der Waals surface area contributed by atoms with Crippen molar-refractivity contribution in [2.24, 2.45) is 0 Å². The Hall–Kier alpha value is -3.72. The molecule has 0 amide bonds. The van der Waals surface area contributed by atoms with Crippen LogP contribution in [0.25, 0.3) is 0 Å². The van der Waals surface area contributed by atoms with Gasteiger partial charge in [-0.3, -0.25) is 9.47 Å². The van der Waals surface area contributed by atoms with Crippen molar-refractivity contribution in [1.82, 2.24) is 19.5 Å². The lowest BCUT2D eigenvalue weighted by Crippen LogP contribution is -2.30. The molecule has 4 aromatic rings. The number of thioether (sulfide) groups is 1. The summed E-state index contributed by atoms with van der Waals surface area (Å²) in [4.78, 5) is 13.2. The first kappa shape index (κ1) is 20.5. The van der Waals surface area contributed by atoms with Gasteiger partial charge in [-0.15, -0.1) is 10.2 Å². The van der Waals surface area contributed by atoms with Gasteiger partial charge in [-0.1, -0.05) is 23.9 Å². The summed E-state index contributed by atoms with van der Waals surface area (Å²) in [6.07, 6.45) is 3.58. The van der Waals surface area contributed by atoms with E-state index in [4.69, 9.17) is 9.47 Å². The van der Waals surface area contributed by atoms with Crippen molar-refractivity contribution in [1.29, 1.82) is 0 Å². The minimum atomic E-state index is -0.310. The first-order valence-corrected chi connectivity index (χ1v) is 10.5. The van der Waals surface area contributed by atoms with E-state index < -0.39 is 0 Å². The van der Waals surface area contributed by atoms with Gasteiger partial charge in [0.2, 0.25) is 11.0 Å². The lowest BCUT2D eigenvalue weighted by molar-refractivity contribution is 0.414. The molecular formula is C22H21N5O3S. The summed E-state index contributed by atoms with van der Waals surface area (Å²) in [5.41, 5.74) is 1.45. The van der Waals surface area contributed by atoms with Crippen LogP contribution in [0.5, 0.6) is 11.5 Å². The van der Waals surface area contributed by atoms with Crippen molar-refractivity contribution in [2.75, 3.05) is 19.5 Å². The van der Waals surface area contributed by atoms with E-state index in [-0.39, 0.29) is 11.4 Å². The largest absolute Gasteiger partial charge is 0.497 e. The second-order valence-electron chi connectivity index (χ2n) is 6.50. The Morgan fingerprint density at radius 2 is 1.68 bits per heavy atom. The number of anilines is 2. The Balaban J connectivity index is 1.64. The van der Waals surface area contributed by atoms with Gasteiger partial charge in [0.15, 0.2) is 0 Å². The van der Waals surface area contributed by atoms with Gasteiger partial charge < -0.3 is 14.8 Å². The van der Waals surface area contributed by atoms with E-state index in [2.05, 4.69) is 15.5 Å². The zero-order valence-electron chi connectivity index (χ0n) is 17.1. The molecule has 0 aliphatic rings. The predicted octanol–water partition coefficient (Wildman–Crippen LogP) is 3.80. The van der Waals surface area contributed by atoms with Crippen molar-refractivity contribution < 1.29 is 9.47 Å². The zero-order valence-corrected chi connectivity index (χ0v) is 17.9. The Morgan fingerprint density at radius 1 is 0.935 bits per heavy atom. The van der Waals surface area contributed by atoms with Crippen LogP contribution in [0.15, 0.2) is 83.0 Å². The highest BCUT2D eigenvalue weighted by molar-refractivity contribution is 7.98. The molecule has 0 fully saturated rings. The van der Waals surface area contributed by atoms with Crippen LogP contribution in [0.4, 0.5) is 11.5 Å². The molecule has 0 aliphatic heterocycles. The van der Waals surface area contributed by atoms with Gasteiger partial charge in [0.05, 0.1) is 14.2 Å². The maximum absolute atomic E-state index is 13.2. The third kappa shape index (κ3) is 4.72. The number of nitrogens with one attached hydrogen (secondary N) is 1. The van der Waals surface area contributed by atoms with Crippen LogP contribution in [0.2, 0.25) is 0 Å². The fourth-order valence-electron chi connectivity index (χ4n) is 2.92. The molecule has 0 radical (unpaired) electrons. The summed E-state index contributed by atoms with van der Waals surface area (Å²) >= 11 is 1.42. The van der Waals surface area contributed by atoms with Gasteiger partial charge in [0, 0.05) is 23.8 Å². The molecule has 0 saturated carbocycles. The van der Waals surface area contributed by atoms with Gasteiger partial charge in [-0.2, -0.15) is 4.68 Å². The molecule has 0 spiro atoms. The second-order valence-corrected chi connectivity index (χ2v) is 7.45. The summed E-state index contributed by atoms with van der Waals surface area (Å²) in [6, 6.07) is 18.7. The molecule has 2 heterocycles. The smallest absolute Gasteiger partial charge is 0.316 e. The van der Waals surface area contributed by atoms with Crippen molar-refractivity contribution in [3.05, 3.63) is 89.0 Å². The molecule has 0 bridgehead atoms. The fourth-order valence-corrected chi connectivity index (χ4v) is 3.79. The average Bonchev–Trinajstić information content (AvgIpc) is 3.34. The lowest BCUT2D eigenvalue weighted by atomic mass is 10.2.